The second kappa shape index (κ2) is 6.32. The van der Waals surface area contributed by atoms with Crippen molar-refractivity contribution in [1.82, 2.24) is 15.0 Å². The second-order valence-electron chi connectivity index (χ2n) is 4.91. The van der Waals surface area contributed by atoms with Gasteiger partial charge in [-0.1, -0.05) is 37.6 Å². The number of aromatic nitrogens is 3. The predicted molar refractivity (Wildman–Crippen MR) is 79.4 cm³/mol. The van der Waals surface area contributed by atoms with Crippen LogP contribution in [-0.4, -0.2) is 21.1 Å². The van der Waals surface area contributed by atoms with Gasteiger partial charge in [0.25, 0.3) is 0 Å². The Balaban J connectivity index is 2.29. The van der Waals surface area contributed by atoms with Crippen molar-refractivity contribution in [2.45, 2.75) is 39.7 Å². The zero-order valence-electron chi connectivity index (χ0n) is 12.1. The molecule has 0 radical (unpaired) electrons. The van der Waals surface area contributed by atoms with E-state index in [1.807, 2.05) is 26.0 Å². The maximum Gasteiger partial charge on any atom is 0.322 e. The highest BCUT2D eigenvalue weighted by Gasteiger charge is 2.09. The first-order chi connectivity index (χ1) is 9.58. The van der Waals surface area contributed by atoms with Gasteiger partial charge in [0.2, 0.25) is 5.95 Å². The quantitative estimate of drug-likeness (QED) is 0.906. The number of hydrogen-bond acceptors (Lipinski definition) is 5. The van der Waals surface area contributed by atoms with E-state index in [0.29, 0.717) is 5.82 Å². The van der Waals surface area contributed by atoms with Crippen molar-refractivity contribution in [2.75, 3.05) is 5.73 Å². The standard InChI is InChI=1S/C15H20N4O/c1-4-5-11-6-8-12(9-7-11)13-17-14(16)19-15(18-13)20-10(2)3/h6-10H,4-5H2,1-3H3,(H2,16,17,18,19). The van der Waals surface area contributed by atoms with E-state index in [2.05, 4.69) is 34.0 Å². The smallest absolute Gasteiger partial charge is 0.322 e. The summed E-state index contributed by atoms with van der Waals surface area (Å²) in [5, 5.41) is 0. The molecule has 1 heterocycles. The van der Waals surface area contributed by atoms with E-state index in [9.17, 15) is 0 Å². The van der Waals surface area contributed by atoms with Crippen molar-refractivity contribution < 1.29 is 4.74 Å². The van der Waals surface area contributed by atoms with E-state index < -0.39 is 0 Å². The first-order valence-electron chi connectivity index (χ1n) is 6.86. The molecule has 5 heteroatoms. The highest BCUT2D eigenvalue weighted by Crippen LogP contribution is 2.19. The summed E-state index contributed by atoms with van der Waals surface area (Å²) in [7, 11) is 0. The lowest BCUT2D eigenvalue weighted by Gasteiger charge is -2.09. The van der Waals surface area contributed by atoms with Gasteiger partial charge in [0, 0.05) is 5.56 Å². The number of nitrogens with zero attached hydrogens (tertiary/aromatic N) is 3. The average Bonchev–Trinajstić information content (AvgIpc) is 2.38. The molecule has 0 saturated heterocycles. The van der Waals surface area contributed by atoms with Crippen LogP contribution in [0.2, 0.25) is 0 Å². The molecule has 5 nitrogen and oxygen atoms in total. The van der Waals surface area contributed by atoms with Gasteiger partial charge >= 0.3 is 6.01 Å². The van der Waals surface area contributed by atoms with Crippen LogP contribution in [0.1, 0.15) is 32.8 Å². The fourth-order valence-electron chi connectivity index (χ4n) is 1.87. The van der Waals surface area contributed by atoms with Crippen molar-refractivity contribution in [3.8, 4) is 17.4 Å². The first-order valence-corrected chi connectivity index (χ1v) is 6.86. The van der Waals surface area contributed by atoms with Gasteiger partial charge in [0.05, 0.1) is 6.10 Å². The minimum Gasteiger partial charge on any atom is -0.461 e. The van der Waals surface area contributed by atoms with E-state index in [1.165, 1.54) is 5.56 Å². The normalized spacial score (nSPS) is 10.8. The molecule has 2 aromatic rings. The van der Waals surface area contributed by atoms with Crippen LogP contribution < -0.4 is 10.5 Å². The maximum atomic E-state index is 5.71. The lowest BCUT2D eigenvalue weighted by molar-refractivity contribution is 0.222. The first kappa shape index (κ1) is 14.2. The Hall–Kier alpha value is -2.17. The number of ether oxygens (including phenoxy) is 1. The summed E-state index contributed by atoms with van der Waals surface area (Å²) in [5.74, 6) is 0.708. The zero-order valence-corrected chi connectivity index (χ0v) is 12.1. The Morgan fingerprint density at radius 1 is 1.10 bits per heavy atom. The molecule has 0 amide bonds. The Labute approximate surface area is 119 Å². The third-order valence-corrected chi connectivity index (χ3v) is 2.72. The molecular formula is C15H20N4O. The minimum atomic E-state index is -0.00317. The van der Waals surface area contributed by atoms with Crippen molar-refractivity contribution in [3.05, 3.63) is 29.8 Å². The number of hydrogen-bond donors (Lipinski definition) is 1. The molecule has 20 heavy (non-hydrogen) atoms. The van der Waals surface area contributed by atoms with Crippen molar-refractivity contribution in [3.63, 3.8) is 0 Å². The molecule has 0 unspecified atom stereocenters. The van der Waals surface area contributed by atoms with Crippen LogP contribution in [0.4, 0.5) is 5.95 Å². The molecule has 2 rings (SSSR count). The highest BCUT2D eigenvalue weighted by molar-refractivity contribution is 5.56. The second-order valence-corrected chi connectivity index (χ2v) is 4.91. The van der Waals surface area contributed by atoms with Gasteiger partial charge in [0.15, 0.2) is 5.82 Å². The summed E-state index contributed by atoms with van der Waals surface area (Å²) in [6.45, 7) is 5.99. The average molecular weight is 272 g/mol. The van der Waals surface area contributed by atoms with Gasteiger partial charge in [-0.15, -0.1) is 0 Å². The summed E-state index contributed by atoms with van der Waals surface area (Å²) in [6, 6.07) is 8.43. The molecule has 1 aromatic heterocycles. The number of nitrogens with two attached hydrogens (primary N) is 1. The van der Waals surface area contributed by atoms with Crippen LogP contribution in [0.5, 0.6) is 6.01 Å². The zero-order chi connectivity index (χ0) is 14.5. The summed E-state index contributed by atoms with van der Waals surface area (Å²) in [5.41, 5.74) is 7.92. The van der Waals surface area contributed by atoms with Crippen LogP contribution in [-0.2, 0) is 6.42 Å². The summed E-state index contributed by atoms with van der Waals surface area (Å²) in [6.07, 6.45) is 2.20. The van der Waals surface area contributed by atoms with Gasteiger partial charge in [-0.3, -0.25) is 0 Å². The van der Waals surface area contributed by atoms with E-state index >= 15 is 0 Å². The molecule has 0 aliphatic heterocycles. The number of benzene rings is 1. The number of rotatable bonds is 5. The van der Waals surface area contributed by atoms with Crippen LogP contribution >= 0.6 is 0 Å². The topological polar surface area (TPSA) is 73.9 Å². The molecule has 0 fully saturated rings. The highest BCUT2D eigenvalue weighted by atomic mass is 16.5. The molecule has 0 aliphatic rings. The summed E-state index contributed by atoms with van der Waals surface area (Å²) in [4.78, 5) is 12.4. The maximum absolute atomic E-state index is 5.71. The van der Waals surface area contributed by atoms with Gasteiger partial charge in [-0.2, -0.15) is 15.0 Å². The van der Waals surface area contributed by atoms with E-state index in [0.717, 1.165) is 18.4 Å². The molecule has 2 N–H and O–H groups in total. The van der Waals surface area contributed by atoms with Gasteiger partial charge in [-0.05, 0) is 25.8 Å². The molecule has 0 spiro atoms. The molecule has 0 atom stereocenters. The fourth-order valence-corrected chi connectivity index (χ4v) is 1.87. The third kappa shape index (κ3) is 3.66. The van der Waals surface area contributed by atoms with Crippen LogP contribution in [0, 0.1) is 0 Å². The third-order valence-electron chi connectivity index (χ3n) is 2.72. The monoisotopic (exact) mass is 272 g/mol. The van der Waals surface area contributed by atoms with Gasteiger partial charge < -0.3 is 10.5 Å². The van der Waals surface area contributed by atoms with Gasteiger partial charge in [0.1, 0.15) is 0 Å². The SMILES string of the molecule is CCCc1ccc(-c2nc(N)nc(OC(C)C)n2)cc1. The predicted octanol–water partition coefficient (Wildman–Crippen LogP) is 2.86. The molecule has 106 valence electrons. The Kier molecular flexibility index (Phi) is 4.50. The molecule has 1 aromatic carbocycles. The van der Waals surface area contributed by atoms with Crippen molar-refractivity contribution >= 4 is 5.95 Å². The van der Waals surface area contributed by atoms with Gasteiger partial charge in [-0.25, -0.2) is 0 Å². The minimum absolute atomic E-state index is 0.00317. The summed E-state index contributed by atoms with van der Waals surface area (Å²) < 4.78 is 5.48. The molecule has 0 saturated carbocycles. The molecular weight excluding hydrogens is 252 g/mol. The lowest BCUT2D eigenvalue weighted by atomic mass is 10.1. The summed E-state index contributed by atoms with van der Waals surface area (Å²) >= 11 is 0. The largest absolute Gasteiger partial charge is 0.461 e. The van der Waals surface area contributed by atoms with E-state index in [4.69, 9.17) is 10.5 Å². The Morgan fingerprint density at radius 3 is 2.40 bits per heavy atom. The Morgan fingerprint density at radius 2 is 1.80 bits per heavy atom. The number of anilines is 1. The fraction of sp³-hybridized carbons (Fsp3) is 0.400. The van der Waals surface area contributed by atoms with Crippen LogP contribution in [0.25, 0.3) is 11.4 Å². The lowest BCUT2D eigenvalue weighted by Crippen LogP contribution is -2.11. The van der Waals surface area contributed by atoms with E-state index in [1.54, 1.807) is 0 Å². The van der Waals surface area contributed by atoms with Crippen LogP contribution in [0.3, 0.4) is 0 Å². The number of aryl methyl sites for hydroxylation is 1. The van der Waals surface area contributed by atoms with Crippen molar-refractivity contribution in [1.29, 1.82) is 0 Å². The van der Waals surface area contributed by atoms with E-state index in [-0.39, 0.29) is 18.1 Å². The van der Waals surface area contributed by atoms with Crippen molar-refractivity contribution in [2.24, 2.45) is 0 Å². The van der Waals surface area contributed by atoms with Crippen LogP contribution in [0.15, 0.2) is 24.3 Å². The number of nitrogen functional groups attached to an aromatic ring is 1. The molecule has 0 aliphatic carbocycles. The molecule has 0 bridgehead atoms. The Bertz CT molecular complexity index is 567.